The number of aliphatic hydroxyl groups is 1. The Morgan fingerprint density at radius 3 is 2.35 bits per heavy atom. The number of nitrogens with one attached hydrogen (secondary N) is 1. The van der Waals surface area contributed by atoms with Gasteiger partial charge in [0.2, 0.25) is 0 Å². The van der Waals surface area contributed by atoms with E-state index in [1.165, 1.54) is 0 Å². The standard InChI is InChI=1S/C19H30N2O2/c1-14(22)11-16(15-9-7-6-8-10-15)12-20-17(23)21-13-18(2,3)19(21,4)5/h6-10,14,16,22H,11-13H2,1-5H3,(H,20,23). The molecule has 23 heavy (non-hydrogen) atoms. The molecule has 0 aliphatic carbocycles. The number of carbonyl (C=O) groups is 1. The summed E-state index contributed by atoms with van der Waals surface area (Å²) in [5.74, 6) is 0.123. The maximum Gasteiger partial charge on any atom is 0.317 e. The maximum absolute atomic E-state index is 12.5. The zero-order valence-corrected chi connectivity index (χ0v) is 15.0. The average Bonchev–Trinajstić information content (AvgIpc) is 2.49. The molecular formula is C19H30N2O2. The smallest absolute Gasteiger partial charge is 0.317 e. The van der Waals surface area contributed by atoms with Crippen LogP contribution in [0.25, 0.3) is 0 Å². The minimum atomic E-state index is -0.392. The van der Waals surface area contributed by atoms with Crippen LogP contribution in [0.2, 0.25) is 0 Å². The summed E-state index contributed by atoms with van der Waals surface area (Å²) in [5.41, 5.74) is 1.16. The third-order valence-electron chi connectivity index (χ3n) is 5.53. The van der Waals surface area contributed by atoms with Gasteiger partial charge in [0.15, 0.2) is 0 Å². The molecule has 1 saturated heterocycles. The highest BCUT2D eigenvalue weighted by atomic mass is 16.3. The number of carbonyl (C=O) groups excluding carboxylic acids is 1. The first-order valence-electron chi connectivity index (χ1n) is 8.43. The van der Waals surface area contributed by atoms with E-state index in [9.17, 15) is 9.90 Å². The molecule has 2 rings (SSSR count). The van der Waals surface area contributed by atoms with Gasteiger partial charge < -0.3 is 15.3 Å². The molecule has 0 radical (unpaired) electrons. The van der Waals surface area contributed by atoms with E-state index in [4.69, 9.17) is 0 Å². The van der Waals surface area contributed by atoms with E-state index in [1.54, 1.807) is 6.92 Å². The number of amides is 2. The van der Waals surface area contributed by atoms with E-state index in [0.717, 1.165) is 12.1 Å². The molecule has 1 aliphatic rings. The molecule has 2 N–H and O–H groups in total. The number of aliphatic hydroxyl groups excluding tert-OH is 1. The van der Waals surface area contributed by atoms with E-state index < -0.39 is 6.10 Å². The molecule has 2 unspecified atom stereocenters. The van der Waals surface area contributed by atoms with Gasteiger partial charge in [0.1, 0.15) is 0 Å². The third kappa shape index (κ3) is 3.69. The lowest BCUT2D eigenvalue weighted by molar-refractivity contribution is -0.0807. The number of hydrogen-bond acceptors (Lipinski definition) is 2. The van der Waals surface area contributed by atoms with E-state index in [-0.39, 0.29) is 22.9 Å². The lowest BCUT2D eigenvalue weighted by Crippen LogP contribution is -2.72. The second-order valence-electron chi connectivity index (χ2n) is 7.91. The second-order valence-corrected chi connectivity index (χ2v) is 7.91. The Balaban J connectivity index is 1.98. The van der Waals surface area contributed by atoms with Crippen molar-refractivity contribution in [3.63, 3.8) is 0 Å². The summed E-state index contributed by atoms with van der Waals surface area (Å²) in [6, 6.07) is 10.1. The van der Waals surface area contributed by atoms with E-state index in [2.05, 4.69) is 45.1 Å². The quantitative estimate of drug-likeness (QED) is 0.874. The van der Waals surface area contributed by atoms with Crippen LogP contribution in [0, 0.1) is 5.41 Å². The van der Waals surface area contributed by atoms with Gasteiger partial charge in [-0.25, -0.2) is 4.79 Å². The summed E-state index contributed by atoms with van der Waals surface area (Å²) < 4.78 is 0. The molecule has 2 atom stereocenters. The van der Waals surface area contributed by atoms with Crippen molar-refractivity contribution >= 4 is 6.03 Å². The van der Waals surface area contributed by atoms with Gasteiger partial charge in [0.05, 0.1) is 6.10 Å². The molecule has 1 fully saturated rings. The Morgan fingerprint density at radius 2 is 1.87 bits per heavy atom. The second kappa shape index (κ2) is 6.52. The SMILES string of the molecule is CC(O)CC(CNC(=O)N1CC(C)(C)C1(C)C)c1ccccc1. The fourth-order valence-corrected chi connectivity index (χ4v) is 3.17. The molecule has 2 amide bonds. The van der Waals surface area contributed by atoms with Crippen LogP contribution in [0.15, 0.2) is 30.3 Å². The zero-order chi connectivity index (χ0) is 17.3. The Hall–Kier alpha value is -1.55. The summed E-state index contributed by atoms with van der Waals surface area (Å²) >= 11 is 0. The van der Waals surface area contributed by atoms with E-state index >= 15 is 0 Å². The van der Waals surface area contributed by atoms with Crippen molar-refractivity contribution in [2.24, 2.45) is 5.41 Å². The van der Waals surface area contributed by atoms with Crippen LogP contribution >= 0.6 is 0 Å². The summed E-state index contributed by atoms with van der Waals surface area (Å²) in [5, 5.41) is 12.8. The third-order valence-corrected chi connectivity index (χ3v) is 5.53. The summed E-state index contributed by atoms with van der Waals surface area (Å²) in [7, 11) is 0. The molecule has 0 aromatic heterocycles. The maximum atomic E-state index is 12.5. The highest BCUT2D eigenvalue weighted by molar-refractivity contribution is 5.76. The predicted molar refractivity (Wildman–Crippen MR) is 93.4 cm³/mol. The monoisotopic (exact) mass is 318 g/mol. The lowest BCUT2D eigenvalue weighted by atomic mass is 9.65. The minimum absolute atomic E-state index is 0.0131. The number of likely N-dealkylation sites (tertiary alicyclic amines) is 1. The van der Waals surface area contributed by atoms with Crippen LogP contribution in [0.1, 0.15) is 52.5 Å². The molecule has 1 aromatic carbocycles. The van der Waals surface area contributed by atoms with Gasteiger partial charge in [0, 0.05) is 30.0 Å². The van der Waals surface area contributed by atoms with Crippen molar-refractivity contribution < 1.29 is 9.90 Å². The molecular weight excluding hydrogens is 288 g/mol. The first-order chi connectivity index (χ1) is 10.6. The number of benzene rings is 1. The highest BCUT2D eigenvalue weighted by Crippen LogP contribution is 2.46. The molecule has 0 spiro atoms. The molecule has 0 saturated carbocycles. The van der Waals surface area contributed by atoms with Gasteiger partial charge in [0.25, 0.3) is 0 Å². The van der Waals surface area contributed by atoms with Gasteiger partial charge in [-0.05, 0) is 32.8 Å². The van der Waals surface area contributed by atoms with E-state index in [0.29, 0.717) is 13.0 Å². The van der Waals surface area contributed by atoms with Gasteiger partial charge in [-0.3, -0.25) is 0 Å². The van der Waals surface area contributed by atoms with Crippen LogP contribution in [-0.2, 0) is 0 Å². The fourth-order valence-electron chi connectivity index (χ4n) is 3.17. The molecule has 1 heterocycles. The molecule has 128 valence electrons. The van der Waals surface area contributed by atoms with Crippen LogP contribution < -0.4 is 5.32 Å². The van der Waals surface area contributed by atoms with Crippen LogP contribution in [0.3, 0.4) is 0 Å². The molecule has 4 nitrogen and oxygen atoms in total. The van der Waals surface area contributed by atoms with Crippen LogP contribution in [-0.4, -0.2) is 40.8 Å². The summed E-state index contributed by atoms with van der Waals surface area (Å²) in [4.78, 5) is 14.4. The van der Waals surface area contributed by atoms with Crippen LogP contribution in [0.5, 0.6) is 0 Å². The molecule has 4 heteroatoms. The largest absolute Gasteiger partial charge is 0.393 e. The van der Waals surface area contributed by atoms with Crippen molar-refractivity contribution in [2.75, 3.05) is 13.1 Å². The summed E-state index contributed by atoms with van der Waals surface area (Å²) in [6.45, 7) is 11.7. The Bertz CT molecular complexity index is 538. The average molecular weight is 318 g/mol. The Kier molecular flexibility index (Phi) is 5.04. The van der Waals surface area contributed by atoms with Gasteiger partial charge in [-0.15, -0.1) is 0 Å². The minimum Gasteiger partial charge on any atom is -0.393 e. The Morgan fingerprint density at radius 1 is 1.26 bits per heavy atom. The first-order valence-corrected chi connectivity index (χ1v) is 8.43. The fraction of sp³-hybridized carbons (Fsp3) is 0.632. The number of rotatable bonds is 5. The van der Waals surface area contributed by atoms with Crippen molar-refractivity contribution in [2.45, 2.75) is 58.6 Å². The van der Waals surface area contributed by atoms with Gasteiger partial charge in [-0.1, -0.05) is 44.2 Å². The molecule has 1 aromatic rings. The van der Waals surface area contributed by atoms with Gasteiger partial charge >= 0.3 is 6.03 Å². The van der Waals surface area contributed by atoms with Crippen molar-refractivity contribution in [1.82, 2.24) is 10.2 Å². The predicted octanol–water partition coefficient (Wildman–Crippen LogP) is 3.37. The van der Waals surface area contributed by atoms with Crippen LogP contribution in [0.4, 0.5) is 4.79 Å². The molecule has 0 bridgehead atoms. The lowest BCUT2D eigenvalue weighted by Gasteiger charge is -2.61. The normalized spacial score (nSPS) is 21.2. The topological polar surface area (TPSA) is 52.6 Å². The summed E-state index contributed by atoms with van der Waals surface area (Å²) in [6.07, 6.45) is 0.246. The number of nitrogens with zero attached hydrogens (tertiary/aromatic N) is 1. The number of hydrogen-bond donors (Lipinski definition) is 2. The van der Waals surface area contributed by atoms with Gasteiger partial charge in [-0.2, -0.15) is 0 Å². The van der Waals surface area contributed by atoms with Crippen molar-refractivity contribution in [1.29, 1.82) is 0 Å². The highest BCUT2D eigenvalue weighted by Gasteiger charge is 2.54. The van der Waals surface area contributed by atoms with Crippen molar-refractivity contribution in [3.05, 3.63) is 35.9 Å². The van der Waals surface area contributed by atoms with E-state index in [1.807, 2.05) is 23.1 Å². The number of urea groups is 1. The molecule has 1 aliphatic heterocycles. The zero-order valence-electron chi connectivity index (χ0n) is 15.0. The first kappa shape index (κ1) is 17.8. The Labute approximate surface area is 139 Å². The van der Waals surface area contributed by atoms with Crippen molar-refractivity contribution in [3.8, 4) is 0 Å².